The Kier molecular flexibility index (Phi) is 5.48. The van der Waals surface area contributed by atoms with E-state index in [0.29, 0.717) is 16.6 Å². The predicted molar refractivity (Wildman–Crippen MR) is 93.7 cm³/mol. The van der Waals surface area contributed by atoms with Crippen molar-refractivity contribution in [3.05, 3.63) is 41.4 Å². The summed E-state index contributed by atoms with van der Waals surface area (Å²) >= 11 is 5.80. The topological polar surface area (TPSA) is 67.3 Å². The molecule has 0 saturated carbocycles. The Morgan fingerprint density at radius 3 is 2.50 bits per heavy atom. The van der Waals surface area contributed by atoms with Crippen LogP contribution >= 0.6 is 11.6 Å². The van der Waals surface area contributed by atoms with Crippen LogP contribution in [0, 0.1) is 0 Å². The van der Waals surface area contributed by atoms with E-state index in [1.807, 2.05) is 6.07 Å². The first kappa shape index (κ1) is 16.5. The second-order valence-electron chi connectivity index (χ2n) is 5.62. The van der Waals surface area contributed by atoms with E-state index in [1.165, 1.54) is 19.3 Å². The molecular formula is C17H19ClN4O2. The summed E-state index contributed by atoms with van der Waals surface area (Å²) in [5, 5.41) is 11.5. The van der Waals surface area contributed by atoms with E-state index in [-0.39, 0.29) is 12.5 Å². The van der Waals surface area contributed by atoms with Gasteiger partial charge in [-0.2, -0.15) is 0 Å². The molecule has 1 aliphatic rings. The van der Waals surface area contributed by atoms with E-state index in [4.69, 9.17) is 16.3 Å². The van der Waals surface area contributed by atoms with Crippen LogP contribution in [0.3, 0.4) is 0 Å². The second kappa shape index (κ2) is 7.97. The van der Waals surface area contributed by atoms with Crippen molar-refractivity contribution >= 4 is 29.1 Å². The van der Waals surface area contributed by atoms with Crippen molar-refractivity contribution in [3.63, 3.8) is 0 Å². The number of ether oxygens (including phenoxy) is 1. The van der Waals surface area contributed by atoms with Crippen LogP contribution in [0.2, 0.25) is 5.02 Å². The van der Waals surface area contributed by atoms with Gasteiger partial charge in [0, 0.05) is 18.1 Å². The molecule has 0 radical (unpaired) electrons. The summed E-state index contributed by atoms with van der Waals surface area (Å²) in [5.74, 6) is 1.57. The molecule has 0 aliphatic carbocycles. The highest BCUT2D eigenvalue weighted by Gasteiger charge is 2.13. The van der Waals surface area contributed by atoms with Crippen molar-refractivity contribution in [3.8, 4) is 5.75 Å². The average molecular weight is 347 g/mol. The zero-order valence-electron chi connectivity index (χ0n) is 13.2. The van der Waals surface area contributed by atoms with Gasteiger partial charge in [0.05, 0.1) is 0 Å². The lowest BCUT2D eigenvalue weighted by atomic mass is 10.1. The number of anilines is 2. The molecule has 2 heterocycles. The lowest BCUT2D eigenvalue weighted by Gasteiger charge is -2.27. The van der Waals surface area contributed by atoms with Crippen LogP contribution in [-0.2, 0) is 4.79 Å². The van der Waals surface area contributed by atoms with E-state index < -0.39 is 0 Å². The minimum absolute atomic E-state index is 0.100. The fourth-order valence-electron chi connectivity index (χ4n) is 2.54. The smallest absolute Gasteiger partial charge is 0.263 e. The van der Waals surface area contributed by atoms with Crippen molar-refractivity contribution in [1.29, 1.82) is 0 Å². The fraction of sp³-hybridized carbons (Fsp3) is 0.353. The number of aromatic nitrogens is 2. The van der Waals surface area contributed by atoms with Gasteiger partial charge in [-0.05, 0) is 55.7 Å². The van der Waals surface area contributed by atoms with Crippen LogP contribution in [0.5, 0.6) is 5.75 Å². The van der Waals surface area contributed by atoms with Gasteiger partial charge in [-0.3, -0.25) is 4.79 Å². The molecular weight excluding hydrogens is 328 g/mol. The van der Waals surface area contributed by atoms with Crippen LogP contribution in [0.25, 0.3) is 0 Å². The van der Waals surface area contributed by atoms with Gasteiger partial charge in [-0.15, -0.1) is 10.2 Å². The Labute approximate surface area is 145 Å². The molecule has 24 heavy (non-hydrogen) atoms. The van der Waals surface area contributed by atoms with Crippen LogP contribution in [0.15, 0.2) is 36.4 Å². The number of piperidine rings is 1. The first-order valence-corrected chi connectivity index (χ1v) is 8.35. The number of halogens is 1. The van der Waals surface area contributed by atoms with Crippen molar-refractivity contribution < 1.29 is 9.53 Å². The van der Waals surface area contributed by atoms with Crippen molar-refractivity contribution in [2.45, 2.75) is 19.3 Å². The molecule has 0 spiro atoms. The molecule has 1 aliphatic heterocycles. The molecule has 1 amide bonds. The zero-order chi connectivity index (χ0) is 16.8. The maximum absolute atomic E-state index is 11.9. The molecule has 0 atom stereocenters. The number of hydrogen-bond donors (Lipinski definition) is 1. The molecule has 1 fully saturated rings. The lowest BCUT2D eigenvalue weighted by molar-refractivity contribution is -0.118. The number of rotatable bonds is 5. The number of carbonyl (C=O) groups excluding carboxylic acids is 1. The van der Waals surface area contributed by atoms with Crippen molar-refractivity contribution in [2.75, 3.05) is 29.9 Å². The van der Waals surface area contributed by atoms with Crippen LogP contribution in [0.1, 0.15) is 19.3 Å². The maximum atomic E-state index is 11.9. The highest BCUT2D eigenvalue weighted by molar-refractivity contribution is 6.30. The molecule has 1 saturated heterocycles. The van der Waals surface area contributed by atoms with Gasteiger partial charge in [-0.25, -0.2) is 0 Å². The Morgan fingerprint density at radius 2 is 1.83 bits per heavy atom. The monoisotopic (exact) mass is 346 g/mol. The second-order valence-corrected chi connectivity index (χ2v) is 6.05. The number of carbonyl (C=O) groups is 1. The highest BCUT2D eigenvalue weighted by Crippen LogP contribution is 2.18. The molecule has 7 heteroatoms. The third-order valence-corrected chi connectivity index (χ3v) is 4.03. The Bertz CT molecular complexity index is 670. The standard InChI is InChI=1S/C17H19ClN4O2/c18-13-4-6-14(7-5-13)24-12-17(23)19-15-8-9-16(21-20-15)22-10-2-1-3-11-22/h4-9H,1-3,10-12H2,(H,19,20,23). The van der Waals surface area contributed by atoms with E-state index in [1.54, 1.807) is 30.3 Å². The van der Waals surface area contributed by atoms with Crippen LogP contribution in [-0.4, -0.2) is 35.8 Å². The molecule has 3 rings (SSSR count). The first-order valence-electron chi connectivity index (χ1n) is 7.97. The molecule has 2 aromatic rings. The Morgan fingerprint density at radius 1 is 1.08 bits per heavy atom. The third-order valence-electron chi connectivity index (χ3n) is 3.78. The third kappa shape index (κ3) is 4.58. The number of nitrogens with zero attached hydrogens (tertiary/aromatic N) is 3. The molecule has 0 bridgehead atoms. The highest BCUT2D eigenvalue weighted by atomic mass is 35.5. The SMILES string of the molecule is O=C(COc1ccc(Cl)cc1)Nc1ccc(N2CCCCC2)nn1. The summed E-state index contributed by atoms with van der Waals surface area (Å²) in [6, 6.07) is 10.5. The minimum atomic E-state index is -0.287. The minimum Gasteiger partial charge on any atom is -0.484 e. The Balaban J connectivity index is 1.49. The zero-order valence-corrected chi connectivity index (χ0v) is 14.0. The summed E-state index contributed by atoms with van der Waals surface area (Å²) in [5.41, 5.74) is 0. The lowest BCUT2D eigenvalue weighted by Crippen LogP contribution is -2.30. The summed E-state index contributed by atoms with van der Waals surface area (Å²) < 4.78 is 5.39. The van der Waals surface area contributed by atoms with Crippen LogP contribution in [0.4, 0.5) is 11.6 Å². The van der Waals surface area contributed by atoms with Crippen molar-refractivity contribution in [1.82, 2.24) is 10.2 Å². The normalized spacial score (nSPS) is 14.3. The average Bonchev–Trinajstić information content (AvgIpc) is 2.63. The van der Waals surface area contributed by atoms with Gasteiger partial charge in [0.2, 0.25) is 0 Å². The van der Waals surface area contributed by atoms with E-state index in [2.05, 4.69) is 20.4 Å². The number of benzene rings is 1. The van der Waals surface area contributed by atoms with Gasteiger partial charge >= 0.3 is 0 Å². The van der Waals surface area contributed by atoms with Gasteiger partial charge in [0.15, 0.2) is 18.2 Å². The first-order chi connectivity index (χ1) is 11.7. The largest absolute Gasteiger partial charge is 0.484 e. The van der Waals surface area contributed by atoms with E-state index in [9.17, 15) is 4.79 Å². The quantitative estimate of drug-likeness (QED) is 0.900. The summed E-state index contributed by atoms with van der Waals surface area (Å²) in [7, 11) is 0. The van der Waals surface area contributed by atoms with Gasteiger partial charge in [0.25, 0.3) is 5.91 Å². The number of hydrogen-bond acceptors (Lipinski definition) is 5. The maximum Gasteiger partial charge on any atom is 0.263 e. The Hall–Kier alpha value is -2.34. The van der Waals surface area contributed by atoms with Crippen LogP contribution < -0.4 is 15.0 Å². The predicted octanol–water partition coefficient (Wildman–Crippen LogP) is 3.14. The fourth-order valence-corrected chi connectivity index (χ4v) is 2.67. The molecule has 6 nitrogen and oxygen atoms in total. The molecule has 1 aromatic heterocycles. The molecule has 0 unspecified atom stereocenters. The van der Waals surface area contributed by atoms with Crippen molar-refractivity contribution in [2.24, 2.45) is 0 Å². The summed E-state index contributed by atoms with van der Waals surface area (Å²) in [6.45, 7) is 1.92. The number of amides is 1. The van der Waals surface area contributed by atoms with E-state index >= 15 is 0 Å². The van der Waals surface area contributed by atoms with Gasteiger partial charge in [0.1, 0.15) is 5.75 Å². The van der Waals surface area contributed by atoms with E-state index in [0.717, 1.165) is 18.9 Å². The summed E-state index contributed by atoms with van der Waals surface area (Å²) in [6.07, 6.45) is 3.64. The molecule has 1 N–H and O–H groups in total. The molecule has 1 aromatic carbocycles. The number of nitrogens with one attached hydrogen (secondary N) is 1. The van der Waals surface area contributed by atoms with Gasteiger partial charge < -0.3 is 15.0 Å². The summed E-state index contributed by atoms with van der Waals surface area (Å²) in [4.78, 5) is 14.1. The molecule has 126 valence electrons. The van der Waals surface area contributed by atoms with Gasteiger partial charge in [-0.1, -0.05) is 11.6 Å².